The van der Waals surface area contributed by atoms with Crippen LogP contribution in [0.3, 0.4) is 0 Å². The molecule has 128 valence electrons. The van der Waals surface area contributed by atoms with E-state index in [2.05, 4.69) is 9.97 Å². The van der Waals surface area contributed by atoms with Gasteiger partial charge in [-0.05, 0) is 42.3 Å². The van der Waals surface area contributed by atoms with Crippen LogP contribution in [0.1, 0.15) is 5.56 Å². The van der Waals surface area contributed by atoms with Crippen molar-refractivity contribution < 1.29 is 13.6 Å². The number of anilines is 1. The molecule has 0 radical (unpaired) electrons. The minimum absolute atomic E-state index is 0.0353. The number of halogens is 2. The zero-order valence-electron chi connectivity index (χ0n) is 13.5. The van der Waals surface area contributed by atoms with E-state index in [9.17, 15) is 13.6 Å². The molecule has 5 nitrogen and oxygen atoms in total. The zero-order chi connectivity index (χ0) is 18.0. The van der Waals surface area contributed by atoms with Gasteiger partial charge in [0.1, 0.15) is 18.0 Å². The summed E-state index contributed by atoms with van der Waals surface area (Å²) in [7, 11) is 1.59. The summed E-state index contributed by atoms with van der Waals surface area (Å²) in [5, 5.41) is 0.853. The number of nitrogens with zero attached hydrogens (tertiary/aromatic N) is 3. The van der Waals surface area contributed by atoms with Crippen LogP contribution >= 0.6 is 0 Å². The Morgan fingerprint density at radius 1 is 1.20 bits per heavy atom. The third-order valence-electron chi connectivity index (χ3n) is 3.90. The monoisotopic (exact) mass is 342 g/mol. The lowest BCUT2D eigenvalue weighted by Crippen LogP contribution is -2.43. The molecule has 2 aromatic carbocycles. The zero-order valence-corrected chi connectivity index (χ0v) is 13.5. The summed E-state index contributed by atoms with van der Waals surface area (Å²) in [5.41, 5.74) is 7.59. The van der Waals surface area contributed by atoms with E-state index in [4.69, 9.17) is 5.73 Å². The molecule has 0 aliphatic heterocycles. The van der Waals surface area contributed by atoms with Crippen LogP contribution in [0.25, 0.3) is 10.9 Å². The van der Waals surface area contributed by atoms with Crippen molar-refractivity contribution in [3.63, 3.8) is 0 Å². The number of hydrogen-bond acceptors (Lipinski definition) is 4. The van der Waals surface area contributed by atoms with Crippen LogP contribution in [-0.4, -0.2) is 29.0 Å². The van der Waals surface area contributed by atoms with Gasteiger partial charge >= 0.3 is 0 Å². The molecule has 1 heterocycles. The van der Waals surface area contributed by atoms with Crippen LogP contribution in [0, 0.1) is 11.6 Å². The van der Waals surface area contributed by atoms with Crippen molar-refractivity contribution in [3.05, 3.63) is 66.1 Å². The first-order chi connectivity index (χ1) is 11.9. The van der Waals surface area contributed by atoms with Gasteiger partial charge in [0.15, 0.2) is 0 Å². The van der Waals surface area contributed by atoms with Crippen LogP contribution in [0.2, 0.25) is 0 Å². The van der Waals surface area contributed by atoms with Gasteiger partial charge in [0.05, 0.1) is 11.6 Å². The third-order valence-corrected chi connectivity index (χ3v) is 3.90. The molecule has 0 spiro atoms. The van der Waals surface area contributed by atoms with Gasteiger partial charge in [-0.25, -0.2) is 18.7 Å². The van der Waals surface area contributed by atoms with Crippen molar-refractivity contribution in [2.75, 3.05) is 11.9 Å². The number of aromatic nitrogens is 2. The molecule has 0 fully saturated rings. The summed E-state index contributed by atoms with van der Waals surface area (Å²) in [4.78, 5) is 22.0. The van der Waals surface area contributed by atoms with Gasteiger partial charge in [-0.15, -0.1) is 0 Å². The number of carbonyl (C=O) groups is 1. The molecular weight excluding hydrogens is 326 g/mol. The Bertz CT molecular complexity index is 912. The van der Waals surface area contributed by atoms with E-state index in [1.807, 2.05) is 6.07 Å². The predicted molar refractivity (Wildman–Crippen MR) is 91.0 cm³/mol. The number of amides is 1. The normalized spacial score (nSPS) is 12.2. The molecule has 0 saturated heterocycles. The maximum atomic E-state index is 13.3. The molecule has 1 amide bonds. The van der Waals surface area contributed by atoms with E-state index in [1.54, 1.807) is 25.4 Å². The SMILES string of the molecule is CN(C(=O)[C@@H](N)Cc1cc(F)cc(F)c1)c1ccc2cncnc2c1. The van der Waals surface area contributed by atoms with Crippen molar-refractivity contribution in [1.29, 1.82) is 0 Å². The van der Waals surface area contributed by atoms with Gasteiger partial charge in [0, 0.05) is 30.4 Å². The highest BCUT2D eigenvalue weighted by atomic mass is 19.1. The Labute approximate surface area is 143 Å². The van der Waals surface area contributed by atoms with Gasteiger partial charge in [0.25, 0.3) is 0 Å². The lowest BCUT2D eigenvalue weighted by atomic mass is 10.0. The van der Waals surface area contributed by atoms with E-state index in [1.165, 1.54) is 23.4 Å². The number of benzene rings is 2. The third kappa shape index (κ3) is 3.77. The Morgan fingerprint density at radius 3 is 2.64 bits per heavy atom. The van der Waals surface area contributed by atoms with Gasteiger partial charge in [-0.1, -0.05) is 0 Å². The molecule has 0 bridgehead atoms. The van der Waals surface area contributed by atoms with Crippen molar-refractivity contribution in [1.82, 2.24) is 9.97 Å². The lowest BCUT2D eigenvalue weighted by molar-refractivity contribution is -0.119. The molecule has 25 heavy (non-hydrogen) atoms. The highest BCUT2D eigenvalue weighted by molar-refractivity contribution is 5.98. The molecule has 0 unspecified atom stereocenters. The van der Waals surface area contributed by atoms with Crippen LogP contribution in [-0.2, 0) is 11.2 Å². The number of nitrogens with two attached hydrogens (primary N) is 1. The molecule has 1 aromatic heterocycles. The Hall–Kier alpha value is -2.93. The molecule has 2 N–H and O–H groups in total. The first kappa shape index (κ1) is 16.9. The summed E-state index contributed by atoms with van der Waals surface area (Å²) in [5.74, 6) is -1.76. The van der Waals surface area contributed by atoms with E-state index >= 15 is 0 Å². The quantitative estimate of drug-likeness (QED) is 0.790. The molecule has 1 atom stereocenters. The number of likely N-dealkylation sites (N-methyl/N-ethyl adjacent to an activating group) is 1. The number of fused-ring (bicyclic) bond motifs is 1. The second kappa shape index (κ2) is 6.90. The summed E-state index contributed by atoms with van der Waals surface area (Å²) in [6.07, 6.45) is 3.14. The standard InChI is InChI=1S/C18H16F2N4O/c1-24(15-3-2-12-9-22-10-23-17(12)8-15)18(25)16(21)6-11-4-13(19)7-14(20)5-11/h2-5,7-10,16H,6,21H2,1H3/t16-/m0/s1. The minimum atomic E-state index is -0.924. The van der Waals surface area contributed by atoms with E-state index in [-0.39, 0.29) is 12.3 Å². The average Bonchev–Trinajstić information content (AvgIpc) is 2.59. The highest BCUT2D eigenvalue weighted by Crippen LogP contribution is 2.20. The second-order valence-electron chi connectivity index (χ2n) is 5.75. The van der Waals surface area contributed by atoms with Crippen molar-refractivity contribution in [2.24, 2.45) is 5.73 Å². The molecule has 3 aromatic rings. The topological polar surface area (TPSA) is 72.1 Å². The summed E-state index contributed by atoms with van der Waals surface area (Å²) >= 11 is 0. The van der Waals surface area contributed by atoms with Crippen LogP contribution < -0.4 is 10.6 Å². The minimum Gasteiger partial charge on any atom is -0.320 e. The molecule has 0 aliphatic rings. The maximum Gasteiger partial charge on any atom is 0.243 e. The van der Waals surface area contributed by atoms with E-state index in [0.717, 1.165) is 11.5 Å². The molecule has 0 saturated carbocycles. The van der Waals surface area contributed by atoms with Gasteiger partial charge in [0.2, 0.25) is 5.91 Å². The van der Waals surface area contributed by atoms with E-state index < -0.39 is 17.7 Å². The fourth-order valence-electron chi connectivity index (χ4n) is 2.62. The Balaban J connectivity index is 1.78. The Kier molecular flexibility index (Phi) is 4.67. The second-order valence-corrected chi connectivity index (χ2v) is 5.75. The summed E-state index contributed by atoms with van der Waals surface area (Å²) < 4.78 is 26.5. The van der Waals surface area contributed by atoms with Crippen LogP contribution in [0.15, 0.2) is 48.9 Å². The van der Waals surface area contributed by atoms with Gasteiger partial charge in [-0.3, -0.25) is 4.79 Å². The predicted octanol–water partition coefficient (Wildman–Crippen LogP) is 2.44. The van der Waals surface area contributed by atoms with Gasteiger partial charge in [-0.2, -0.15) is 0 Å². The highest BCUT2D eigenvalue weighted by Gasteiger charge is 2.20. The summed E-state index contributed by atoms with van der Waals surface area (Å²) in [6.45, 7) is 0. The van der Waals surface area contributed by atoms with Gasteiger partial charge < -0.3 is 10.6 Å². The molecule has 7 heteroatoms. The van der Waals surface area contributed by atoms with E-state index in [0.29, 0.717) is 16.8 Å². The van der Waals surface area contributed by atoms with Crippen LogP contribution in [0.4, 0.5) is 14.5 Å². The summed E-state index contributed by atoms with van der Waals surface area (Å²) in [6, 6.07) is 7.52. The first-order valence-corrected chi connectivity index (χ1v) is 7.62. The van der Waals surface area contributed by atoms with Crippen molar-refractivity contribution >= 4 is 22.5 Å². The smallest absolute Gasteiger partial charge is 0.243 e. The Morgan fingerprint density at radius 2 is 1.92 bits per heavy atom. The fraction of sp³-hybridized carbons (Fsp3) is 0.167. The largest absolute Gasteiger partial charge is 0.320 e. The number of hydrogen-bond donors (Lipinski definition) is 1. The van der Waals surface area contributed by atoms with Crippen LogP contribution in [0.5, 0.6) is 0 Å². The maximum absolute atomic E-state index is 13.3. The molecule has 3 rings (SSSR count). The number of carbonyl (C=O) groups excluding carboxylic acids is 1. The fourth-order valence-corrected chi connectivity index (χ4v) is 2.62. The molecule has 0 aliphatic carbocycles. The average molecular weight is 342 g/mol. The van der Waals surface area contributed by atoms with Crippen molar-refractivity contribution in [3.8, 4) is 0 Å². The number of rotatable bonds is 4. The molecular formula is C18H16F2N4O. The first-order valence-electron chi connectivity index (χ1n) is 7.62. The van der Waals surface area contributed by atoms with Crippen molar-refractivity contribution in [2.45, 2.75) is 12.5 Å². The lowest BCUT2D eigenvalue weighted by Gasteiger charge is -2.22.